The van der Waals surface area contributed by atoms with Crippen LogP contribution < -0.4 is 0 Å². The molecule has 2 heterocycles. The summed E-state index contributed by atoms with van der Waals surface area (Å²) < 4.78 is 11.7. The number of aliphatic hydroxyl groups excluding tert-OH is 2. The predicted molar refractivity (Wildman–Crippen MR) is 125 cm³/mol. The predicted octanol–water partition coefficient (Wildman–Crippen LogP) is 2.82. The highest BCUT2D eigenvalue weighted by molar-refractivity contribution is 6.30. The highest BCUT2D eigenvalue weighted by atomic mass is 35.5. The Bertz CT molecular complexity index is 833. The molecule has 2 saturated heterocycles. The first-order valence-electron chi connectivity index (χ1n) is 11.0. The van der Waals surface area contributed by atoms with Crippen LogP contribution in [0.1, 0.15) is 11.1 Å². The van der Waals surface area contributed by atoms with E-state index in [0.29, 0.717) is 42.9 Å². The Balaban J connectivity index is 1.56. The highest BCUT2D eigenvalue weighted by Gasteiger charge is 2.46. The summed E-state index contributed by atoms with van der Waals surface area (Å²) in [6.45, 7) is 4.47. The molecular weight excluding hydrogens is 451 g/mol. The molecule has 0 amide bonds. The van der Waals surface area contributed by atoms with Gasteiger partial charge in [-0.25, -0.2) is 0 Å². The van der Waals surface area contributed by atoms with Gasteiger partial charge >= 0.3 is 0 Å². The van der Waals surface area contributed by atoms with Crippen LogP contribution in [-0.2, 0) is 22.6 Å². The molecule has 32 heavy (non-hydrogen) atoms. The second-order valence-electron chi connectivity index (χ2n) is 8.45. The number of halogens is 2. The van der Waals surface area contributed by atoms with Gasteiger partial charge in [-0.1, -0.05) is 47.5 Å². The normalized spacial score (nSPS) is 26.7. The highest BCUT2D eigenvalue weighted by Crippen LogP contribution is 2.28. The Labute approximate surface area is 199 Å². The third-order valence-electron chi connectivity index (χ3n) is 6.14. The molecule has 4 rings (SSSR count). The van der Waals surface area contributed by atoms with E-state index in [1.165, 1.54) is 0 Å². The molecule has 2 aromatic carbocycles. The first-order chi connectivity index (χ1) is 15.5. The van der Waals surface area contributed by atoms with Gasteiger partial charge in [0.15, 0.2) is 0 Å². The van der Waals surface area contributed by atoms with Gasteiger partial charge in [-0.2, -0.15) is 0 Å². The lowest BCUT2D eigenvalue weighted by molar-refractivity contribution is -0.0373. The van der Waals surface area contributed by atoms with E-state index in [9.17, 15) is 10.2 Å². The van der Waals surface area contributed by atoms with Gasteiger partial charge in [-0.3, -0.25) is 9.80 Å². The van der Waals surface area contributed by atoms with Gasteiger partial charge in [-0.15, -0.1) is 0 Å². The lowest BCUT2D eigenvalue weighted by Crippen LogP contribution is -2.54. The average molecular weight is 481 g/mol. The van der Waals surface area contributed by atoms with Crippen LogP contribution in [0.4, 0.5) is 0 Å². The molecule has 6 nitrogen and oxygen atoms in total. The van der Waals surface area contributed by atoms with Crippen LogP contribution in [-0.4, -0.2) is 83.8 Å². The summed E-state index contributed by atoms with van der Waals surface area (Å²) >= 11 is 12.4. The first-order valence-corrected chi connectivity index (χ1v) is 11.8. The third-order valence-corrected chi connectivity index (χ3v) is 6.61. The van der Waals surface area contributed by atoms with Crippen LogP contribution in [0.25, 0.3) is 0 Å². The summed E-state index contributed by atoms with van der Waals surface area (Å²) in [5, 5.41) is 22.1. The van der Waals surface area contributed by atoms with E-state index in [1.807, 2.05) is 36.4 Å². The fourth-order valence-corrected chi connectivity index (χ4v) is 5.11. The van der Waals surface area contributed by atoms with Crippen LogP contribution in [0, 0.1) is 0 Å². The molecule has 2 fully saturated rings. The summed E-state index contributed by atoms with van der Waals surface area (Å²) in [5.74, 6) is 0. The Kier molecular flexibility index (Phi) is 8.43. The zero-order chi connectivity index (χ0) is 22.5. The van der Waals surface area contributed by atoms with E-state index in [-0.39, 0.29) is 18.8 Å². The molecule has 174 valence electrons. The summed E-state index contributed by atoms with van der Waals surface area (Å²) in [7, 11) is 0. The van der Waals surface area contributed by atoms with Gasteiger partial charge in [0, 0.05) is 42.8 Å². The van der Waals surface area contributed by atoms with Crippen molar-refractivity contribution in [1.29, 1.82) is 0 Å². The molecule has 8 heteroatoms. The number of hydrogen-bond donors (Lipinski definition) is 2. The van der Waals surface area contributed by atoms with Crippen LogP contribution in [0.3, 0.4) is 0 Å². The Morgan fingerprint density at radius 2 is 1.53 bits per heavy atom. The lowest BCUT2D eigenvalue weighted by Gasteiger charge is -2.37. The molecule has 2 aromatic rings. The third kappa shape index (κ3) is 6.01. The number of rotatable bonds is 8. The standard InChI is InChI=1S/C24H30Cl2N2O4/c25-19-5-1-3-17(11-19)13-27(14-18-4-2-6-20(26)12-18)15-21-23(24(30)22(16-29)32-21)28-7-9-31-10-8-28/h1-6,11-12,21-24,29-30H,7-10,13-16H2. The second kappa shape index (κ2) is 11.3. The Hall–Kier alpha value is -1.22. The average Bonchev–Trinajstić information content (AvgIpc) is 3.09. The van der Waals surface area contributed by atoms with E-state index in [4.69, 9.17) is 32.7 Å². The van der Waals surface area contributed by atoms with Crippen LogP contribution in [0.2, 0.25) is 10.0 Å². The number of benzene rings is 2. The largest absolute Gasteiger partial charge is 0.394 e. The molecule has 0 spiro atoms. The number of nitrogens with zero attached hydrogens (tertiary/aromatic N) is 2. The topological polar surface area (TPSA) is 65.4 Å². The monoisotopic (exact) mass is 480 g/mol. The number of aliphatic hydroxyl groups is 2. The first kappa shape index (κ1) is 23.9. The van der Waals surface area contributed by atoms with Crippen LogP contribution in [0.5, 0.6) is 0 Å². The van der Waals surface area contributed by atoms with Gasteiger partial charge in [0.25, 0.3) is 0 Å². The molecule has 4 atom stereocenters. The van der Waals surface area contributed by atoms with Crippen molar-refractivity contribution in [3.63, 3.8) is 0 Å². The van der Waals surface area contributed by atoms with E-state index < -0.39 is 12.2 Å². The maximum Gasteiger partial charge on any atom is 0.109 e. The van der Waals surface area contributed by atoms with Gasteiger partial charge in [0.05, 0.1) is 32.0 Å². The van der Waals surface area contributed by atoms with Crippen LogP contribution >= 0.6 is 23.2 Å². The maximum absolute atomic E-state index is 10.9. The number of ether oxygens (including phenoxy) is 2. The van der Waals surface area contributed by atoms with Gasteiger partial charge in [0.2, 0.25) is 0 Å². The van der Waals surface area contributed by atoms with Crippen molar-refractivity contribution in [1.82, 2.24) is 9.80 Å². The quantitative estimate of drug-likeness (QED) is 0.605. The Morgan fingerprint density at radius 1 is 0.938 bits per heavy atom. The fraction of sp³-hybridized carbons (Fsp3) is 0.500. The zero-order valence-corrected chi connectivity index (χ0v) is 19.5. The molecule has 0 aliphatic carbocycles. The molecule has 0 aromatic heterocycles. The molecule has 0 radical (unpaired) electrons. The van der Waals surface area contributed by atoms with Crippen molar-refractivity contribution in [2.75, 3.05) is 39.5 Å². The summed E-state index contributed by atoms with van der Waals surface area (Å²) in [6.07, 6.45) is -1.59. The Morgan fingerprint density at radius 3 is 2.06 bits per heavy atom. The molecular formula is C24H30Cl2N2O4. The minimum absolute atomic E-state index is 0.197. The molecule has 0 saturated carbocycles. The minimum Gasteiger partial charge on any atom is -0.394 e. The summed E-state index contributed by atoms with van der Waals surface area (Å²) in [5.41, 5.74) is 2.19. The fourth-order valence-electron chi connectivity index (χ4n) is 4.68. The summed E-state index contributed by atoms with van der Waals surface area (Å²) in [6, 6.07) is 15.5. The van der Waals surface area contributed by atoms with Crippen molar-refractivity contribution in [2.45, 2.75) is 37.4 Å². The minimum atomic E-state index is -0.748. The van der Waals surface area contributed by atoms with Crippen molar-refractivity contribution in [3.05, 3.63) is 69.7 Å². The van der Waals surface area contributed by atoms with E-state index >= 15 is 0 Å². The molecule has 2 aliphatic rings. The van der Waals surface area contributed by atoms with E-state index in [1.54, 1.807) is 0 Å². The SMILES string of the molecule is OCC1OC(CN(Cc2cccc(Cl)c2)Cc2cccc(Cl)c2)C(N2CCOCC2)C1O. The van der Waals surface area contributed by atoms with E-state index in [0.717, 1.165) is 24.2 Å². The van der Waals surface area contributed by atoms with Gasteiger partial charge in [-0.05, 0) is 35.4 Å². The smallest absolute Gasteiger partial charge is 0.109 e. The molecule has 2 N–H and O–H groups in total. The van der Waals surface area contributed by atoms with Gasteiger partial charge in [0.1, 0.15) is 12.2 Å². The molecule has 4 unspecified atom stereocenters. The van der Waals surface area contributed by atoms with Crippen molar-refractivity contribution < 1.29 is 19.7 Å². The number of morpholine rings is 1. The number of hydrogen-bond acceptors (Lipinski definition) is 6. The second-order valence-corrected chi connectivity index (χ2v) is 9.33. The van der Waals surface area contributed by atoms with Crippen LogP contribution in [0.15, 0.2) is 48.5 Å². The van der Waals surface area contributed by atoms with Gasteiger partial charge < -0.3 is 19.7 Å². The lowest BCUT2D eigenvalue weighted by atomic mass is 10.0. The van der Waals surface area contributed by atoms with Crippen molar-refractivity contribution >= 4 is 23.2 Å². The molecule has 2 aliphatic heterocycles. The maximum atomic E-state index is 10.9. The zero-order valence-electron chi connectivity index (χ0n) is 17.9. The summed E-state index contributed by atoms with van der Waals surface area (Å²) in [4.78, 5) is 4.51. The van der Waals surface area contributed by atoms with Crippen molar-refractivity contribution in [3.8, 4) is 0 Å². The molecule has 0 bridgehead atoms. The van der Waals surface area contributed by atoms with Crippen molar-refractivity contribution in [2.24, 2.45) is 0 Å². The van der Waals surface area contributed by atoms with E-state index in [2.05, 4.69) is 21.9 Å².